The molecule has 20 heavy (non-hydrogen) atoms. The first kappa shape index (κ1) is 13.9. The molecule has 0 amide bonds. The van der Waals surface area contributed by atoms with Gasteiger partial charge >= 0.3 is 6.01 Å². The zero-order valence-corrected chi connectivity index (χ0v) is 12.7. The lowest BCUT2D eigenvalue weighted by molar-refractivity contribution is 0.0608. The molecule has 0 radical (unpaired) electrons. The van der Waals surface area contributed by atoms with Gasteiger partial charge in [-0.3, -0.25) is 0 Å². The maximum atomic E-state index is 6.17. The molecule has 1 aromatic rings. The third-order valence-electron chi connectivity index (χ3n) is 4.59. The summed E-state index contributed by atoms with van der Waals surface area (Å²) in [5.74, 6) is 0.686. The average Bonchev–Trinajstić information content (AvgIpc) is 2.42. The van der Waals surface area contributed by atoms with E-state index in [4.69, 9.17) is 16.3 Å². The molecular formula is C14H21ClN4O. The van der Waals surface area contributed by atoms with Gasteiger partial charge in [0.1, 0.15) is 5.02 Å². The summed E-state index contributed by atoms with van der Waals surface area (Å²) in [5.41, 5.74) is 0. The van der Waals surface area contributed by atoms with Crippen LogP contribution in [0.15, 0.2) is 6.20 Å². The van der Waals surface area contributed by atoms with Gasteiger partial charge in [-0.2, -0.15) is 4.98 Å². The summed E-state index contributed by atoms with van der Waals surface area (Å²) in [7, 11) is 3.82. The normalized spacial score (nSPS) is 30.1. The molecule has 1 N–H and O–H groups in total. The van der Waals surface area contributed by atoms with Gasteiger partial charge in [-0.1, -0.05) is 18.0 Å². The molecule has 2 aliphatic heterocycles. The zero-order chi connectivity index (χ0) is 14.1. The highest BCUT2D eigenvalue weighted by Crippen LogP contribution is 2.34. The molecule has 3 rings (SSSR count). The van der Waals surface area contributed by atoms with Crippen molar-refractivity contribution in [2.45, 2.75) is 50.2 Å². The van der Waals surface area contributed by atoms with Gasteiger partial charge < -0.3 is 15.0 Å². The van der Waals surface area contributed by atoms with Crippen LogP contribution in [0, 0.1) is 0 Å². The quantitative estimate of drug-likeness (QED) is 0.929. The second-order valence-electron chi connectivity index (χ2n) is 5.77. The van der Waals surface area contributed by atoms with Crippen LogP contribution in [-0.2, 0) is 0 Å². The number of hydrogen-bond acceptors (Lipinski definition) is 5. The molecule has 2 saturated heterocycles. The summed E-state index contributed by atoms with van der Waals surface area (Å²) in [6, 6.07) is 2.15. The second-order valence-corrected chi connectivity index (χ2v) is 6.18. The summed E-state index contributed by atoms with van der Waals surface area (Å²) in [4.78, 5) is 10.9. The fraction of sp³-hybridized carbons (Fsp3) is 0.714. The van der Waals surface area contributed by atoms with Crippen molar-refractivity contribution >= 4 is 17.4 Å². The molecule has 2 fully saturated rings. The monoisotopic (exact) mass is 296 g/mol. The van der Waals surface area contributed by atoms with Crippen molar-refractivity contribution in [2.75, 3.05) is 19.5 Å². The van der Waals surface area contributed by atoms with Crippen molar-refractivity contribution in [1.82, 2.24) is 14.9 Å². The SMILES string of the molecule is COc1ncc(Cl)c(NC2CC3CCCC(C2)N3C)n1. The number of halogens is 1. The van der Waals surface area contributed by atoms with Gasteiger partial charge in [0.2, 0.25) is 0 Å². The number of nitrogens with one attached hydrogen (secondary N) is 1. The van der Waals surface area contributed by atoms with Gasteiger partial charge in [0.25, 0.3) is 0 Å². The molecule has 2 unspecified atom stereocenters. The summed E-state index contributed by atoms with van der Waals surface area (Å²) in [6.07, 6.45) is 7.84. The van der Waals surface area contributed by atoms with Crippen LogP contribution in [-0.4, -0.2) is 47.2 Å². The van der Waals surface area contributed by atoms with Crippen molar-refractivity contribution < 1.29 is 4.74 Å². The Morgan fingerprint density at radius 2 is 2.05 bits per heavy atom. The van der Waals surface area contributed by atoms with Crippen LogP contribution < -0.4 is 10.1 Å². The van der Waals surface area contributed by atoms with Gasteiger partial charge in [-0.05, 0) is 32.7 Å². The Morgan fingerprint density at radius 3 is 2.70 bits per heavy atom. The van der Waals surface area contributed by atoms with Crippen LogP contribution in [0.2, 0.25) is 5.02 Å². The molecular weight excluding hydrogens is 276 g/mol. The van der Waals surface area contributed by atoms with Crippen molar-refractivity contribution in [3.8, 4) is 6.01 Å². The molecule has 0 saturated carbocycles. The Balaban J connectivity index is 1.72. The van der Waals surface area contributed by atoms with E-state index in [0.29, 0.717) is 35.0 Å². The van der Waals surface area contributed by atoms with Crippen LogP contribution >= 0.6 is 11.6 Å². The van der Waals surface area contributed by atoms with Crippen LogP contribution in [0.3, 0.4) is 0 Å². The fourth-order valence-electron chi connectivity index (χ4n) is 3.48. The van der Waals surface area contributed by atoms with Crippen molar-refractivity contribution in [2.24, 2.45) is 0 Å². The standard InChI is InChI=1S/C14H21ClN4O/c1-19-10-4-3-5-11(19)7-9(6-10)17-13-12(15)8-16-14(18-13)20-2/h8-11H,3-7H2,1-2H3,(H,16,17,18). The lowest BCUT2D eigenvalue weighted by Gasteiger charge is -2.47. The Kier molecular flexibility index (Phi) is 3.98. The summed E-state index contributed by atoms with van der Waals surface area (Å²) < 4.78 is 5.06. The highest BCUT2D eigenvalue weighted by atomic mass is 35.5. The number of rotatable bonds is 3. The minimum absolute atomic E-state index is 0.352. The molecule has 1 aromatic heterocycles. The zero-order valence-electron chi connectivity index (χ0n) is 12.0. The minimum atomic E-state index is 0.352. The molecule has 0 aromatic carbocycles. The van der Waals surface area contributed by atoms with E-state index < -0.39 is 0 Å². The largest absolute Gasteiger partial charge is 0.467 e. The van der Waals surface area contributed by atoms with E-state index >= 15 is 0 Å². The Hall–Kier alpha value is -1.07. The molecule has 2 aliphatic rings. The van der Waals surface area contributed by atoms with Crippen molar-refractivity contribution in [3.63, 3.8) is 0 Å². The van der Waals surface area contributed by atoms with Gasteiger partial charge in [0.15, 0.2) is 5.82 Å². The molecule has 2 bridgehead atoms. The van der Waals surface area contributed by atoms with E-state index in [1.165, 1.54) is 19.3 Å². The molecule has 2 atom stereocenters. The van der Waals surface area contributed by atoms with Gasteiger partial charge in [-0.25, -0.2) is 4.98 Å². The first-order valence-electron chi connectivity index (χ1n) is 7.22. The number of hydrogen-bond donors (Lipinski definition) is 1. The van der Waals surface area contributed by atoms with E-state index in [1.807, 2.05) is 0 Å². The third-order valence-corrected chi connectivity index (χ3v) is 4.86. The van der Waals surface area contributed by atoms with Crippen molar-refractivity contribution in [3.05, 3.63) is 11.2 Å². The fourth-order valence-corrected chi connectivity index (χ4v) is 3.62. The molecule has 5 nitrogen and oxygen atoms in total. The van der Waals surface area contributed by atoms with Crippen LogP contribution in [0.4, 0.5) is 5.82 Å². The van der Waals surface area contributed by atoms with Gasteiger partial charge in [0.05, 0.1) is 13.3 Å². The highest BCUT2D eigenvalue weighted by Gasteiger charge is 2.36. The van der Waals surface area contributed by atoms with E-state index in [2.05, 4.69) is 27.2 Å². The maximum absolute atomic E-state index is 6.17. The second kappa shape index (κ2) is 5.74. The first-order valence-corrected chi connectivity index (χ1v) is 7.60. The molecule has 110 valence electrons. The van der Waals surface area contributed by atoms with Crippen LogP contribution in [0.1, 0.15) is 32.1 Å². The van der Waals surface area contributed by atoms with E-state index in [1.54, 1.807) is 13.3 Å². The van der Waals surface area contributed by atoms with Crippen LogP contribution in [0.5, 0.6) is 6.01 Å². The van der Waals surface area contributed by atoms with E-state index in [9.17, 15) is 0 Å². The Labute approximate surface area is 124 Å². The Bertz CT molecular complexity index is 470. The number of ether oxygens (including phenoxy) is 1. The van der Waals surface area contributed by atoms with Gasteiger partial charge in [0, 0.05) is 18.1 Å². The number of aromatic nitrogens is 2. The highest BCUT2D eigenvalue weighted by molar-refractivity contribution is 6.32. The number of fused-ring (bicyclic) bond motifs is 2. The first-order chi connectivity index (χ1) is 9.67. The Morgan fingerprint density at radius 1 is 1.35 bits per heavy atom. The lowest BCUT2D eigenvalue weighted by atomic mass is 9.82. The number of anilines is 1. The minimum Gasteiger partial charge on any atom is -0.467 e. The summed E-state index contributed by atoms with van der Waals surface area (Å²) >= 11 is 6.17. The number of piperidine rings is 2. The summed E-state index contributed by atoms with van der Waals surface area (Å²) in [5, 5.41) is 4.03. The predicted molar refractivity (Wildman–Crippen MR) is 79.4 cm³/mol. The molecule has 0 aliphatic carbocycles. The van der Waals surface area contributed by atoms with E-state index in [-0.39, 0.29) is 0 Å². The number of methoxy groups -OCH3 is 1. The maximum Gasteiger partial charge on any atom is 0.318 e. The van der Waals surface area contributed by atoms with Crippen molar-refractivity contribution in [1.29, 1.82) is 0 Å². The molecule has 3 heterocycles. The molecule has 0 spiro atoms. The summed E-state index contributed by atoms with van der Waals surface area (Å²) in [6.45, 7) is 0. The topological polar surface area (TPSA) is 50.3 Å². The predicted octanol–water partition coefficient (Wildman–Crippen LogP) is 2.57. The average molecular weight is 297 g/mol. The van der Waals surface area contributed by atoms with Crippen LogP contribution in [0.25, 0.3) is 0 Å². The smallest absolute Gasteiger partial charge is 0.318 e. The van der Waals surface area contributed by atoms with Gasteiger partial charge in [-0.15, -0.1) is 0 Å². The van der Waals surface area contributed by atoms with E-state index in [0.717, 1.165) is 12.8 Å². The molecule has 6 heteroatoms. The lowest BCUT2D eigenvalue weighted by Crippen LogP contribution is -2.52. The number of nitrogens with zero attached hydrogens (tertiary/aromatic N) is 3. The third kappa shape index (κ3) is 2.69.